The van der Waals surface area contributed by atoms with Crippen LogP contribution in [-0.4, -0.2) is 10.1 Å². The zero-order chi connectivity index (χ0) is 19.9. The zero-order valence-corrected chi connectivity index (χ0v) is 15.0. The first kappa shape index (κ1) is 18.0. The second kappa shape index (κ2) is 6.68. The second-order valence-electron chi connectivity index (χ2n) is 6.66. The number of phenols is 1. The van der Waals surface area contributed by atoms with Crippen molar-refractivity contribution in [3.63, 3.8) is 0 Å². The van der Waals surface area contributed by atoms with Crippen LogP contribution in [0.5, 0.6) is 5.75 Å². The molecule has 4 aromatic rings. The summed E-state index contributed by atoms with van der Waals surface area (Å²) >= 11 is 0. The highest BCUT2D eigenvalue weighted by atomic mass is 19.4. The fourth-order valence-corrected chi connectivity index (χ4v) is 3.26. The minimum absolute atomic E-state index is 0.0510. The molecule has 0 unspecified atom stereocenters. The minimum atomic E-state index is -4.38. The predicted octanol–water partition coefficient (Wildman–Crippen LogP) is 6.60. The lowest BCUT2D eigenvalue weighted by Gasteiger charge is -2.14. The molecule has 0 amide bonds. The maximum atomic E-state index is 12.9. The van der Waals surface area contributed by atoms with E-state index in [0.717, 1.165) is 23.3 Å². The lowest BCUT2D eigenvalue weighted by Crippen LogP contribution is -2.04. The Hall–Kier alpha value is -3.34. The molecule has 0 bridgehead atoms. The number of hydrogen-bond acceptors (Lipinski definition) is 2. The van der Waals surface area contributed by atoms with E-state index in [-0.39, 0.29) is 5.75 Å². The Morgan fingerprint density at radius 2 is 1.43 bits per heavy atom. The SMILES string of the molecule is Cc1ccc(-c2cc(-c3ccc(C(F)(F)F)cc3)c3cccnc3c2O)cc1. The molecule has 28 heavy (non-hydrogen) atoms. The van der Waals surface area contributed by atoms with Crippen LogP contribution in [0.2, 0.25) is 0 Å². The van der Waals surface area contributed by atoms with Gasteiger partial charge in [0.2, 0.25) is 0 Å². The van der Waals surface area contributed by atoms with Crippen LogP contribution in [0.3, 0.4) is 0 Å². The number of hydrogen-bond donors (Lipinski definition) is 1. The van der Waals surface area contributed by atoms with Crippen LogP contribution >= 0.6 is 0 Å². The van der Waals surface area contributed by atoms with Gasteiger partial charge in [0.25, 0.3) is 0 Å². The summed E-state index contributed by atoms with van der Waals surface area (Å²) in [6.07, 6.45) is -2.80. The summed E-state index contributed by atoms with van der Waals surface area (Å²) in [6.45, 7) is 1.97. The van der Waals surface area contributed by atoms with Gasteiger partial charge in [0, 0.05) is 17.1 Å². The Morgan fingerprint density at radius 1 is 0.821 bits per heavy atom. The number of fused-ring (bicyclic) bond motifs is 1. The largest absolute Gasteiger partial charge is 0.505 e. The molecule has 0 aliphatic rings. The number of aromatic nitrogens is 1. The van der Waals surface area contributed by atoms with Crippen molar-refractivity contribution >= 4 is 10.9 Å². The summed E-state index contributed by atoms with van der Waals surface area (Å²) in [6, 6.07) is 18.0. The fourth-order valence-electron chi connectivity index (χ4n) is 3.26. The molecular weight excluding hydrogens is 363 g/mol. The first-order valence-corrected chi connectivity index (χ1v) is 8.70. The fraction of sp³-hybridized carbons (Fsp3) is 0.0870. The van der Waals surface area contributed by atoms with Crippen LogP contribution in [0, 0.1) is 6.92 Å². The van der Waals surface area contributed by atoms with E-state index in [1.807, 2.05) is 31.2 Å². The summed E-state index contributed by atoms with van der Waals surface area (Å²) in [7, 11) is 0. The van der Waals surface area contributed by atoms with Crippen LogP contribution in [0.25, 0.3) is 33.2 Å². The molecule has 140 valence electrons. The van der Waals surface area contributed by atoms with E-state index >= 15 is 0 Å². The highest BCUT2D eigenvalue weighted by Crippen LogP contribution is 2.41. The Bertz CT molecular complexity index is 1150. The number of aromatic hydroxyl groups is 1. The Labute approximate surface area is 159 Å². The molecule has 0 aliphatic carbocycles. The van der Waals surface area contributed by atoms with Gasteiger partial charge in [-0.3, -0.25) is 4.98 Å². The van der Waals surface area contributed by atoms with Gasteiger partial charge in [-0.1, -0.05) is 48.0 Å². The molecule has 0 atom stereocenters. The van der Waals surface area contributed by atoms with E-state index < -0.39 is 11.7 Å². The Balaban J connectivity index is 1.95. The molecule has 3 aromatic carbocycles. The molecule has 0 spiro atoms. The van der Waals surface area contributed by atoms with Crippen molar-refractivity contribution in [3.05, 3.63) is 84.1 Å². The average molecular weight is 379 g/mol. The molecule has 0 radical (unpaired) electrons. The minimum Gasteiger partial charge on any atom is -0.505 e. The van der Waals surface area contributed by atoms with Crippen molar-refractivity contribution in [1.29, 1.82) is 0 Å². The van der Waals surface area contributed by atoms with E-state index in [2.05, 4.69) is 4.98 Å². The third kappa shape index (κ3) is 3.20. The van der Waals surface area contributed by atoms with E-state index in [1.54, 1.807) is 24.4 Å². The van der Waals surface area contributed by atoms with E-state index in [0.29, 0.717) is 27.6 Å². The normalized spacial score (nSPS) is 11.7. The molecule has 1 N–H and O–H groups in total. The summed E-state index contributed by atoms with van der Waals surface area (Å²) in [5.74, 6) is 0.0510. The molecule has 0 saturated carbocycles. The van der Waals surface area contributed by atoms with Crippen LogP contribution in [0.1, 0.15) is 11.1 Å². The first-order valence-electron chi connectivity index (χ1n) is 8.70. The average Bonchev–Trinajstić information content (AvgIpc) is 2.69. The van der Waals surface area contributed by atoms with Crippen molar-refractivity contribution in [3.8, 4) is 28.0 Å². The molecule has 5 heteroatoms. The molecule has 4 rings (SSSR count). The quantitative estimate of drug-likeness (QED) is 0.425. The van der Waals surface area contributed by atoms with E-state index in [9.17, 15) is 18.3 Å². The summed E-state index contributed by atoms with van der Waals surface area (Å²) in [4.78, 5) is 4.30. The number of phenolic OH excluding ortho intramolecular Hbond substituents is 1. The monoisotopic (exact) mass is 379 g/mol. The van der Waals surface area contributed by atoms with E-state index in [4.69, 9.17) is 0 Å². The second-order valence-corrected chi connectivity index (χ2v) is 6.66. The van der Waals surface area contributed by atoms with Gasteiger partial charge in [-0.2, -0.15) is 13.2 Å². The number of aryl methyl sites for hydroxylation is 1. The van der Waals surface area contributed by atoms with Crippen LogP contribution < -0.4 is 0 Å². The Morgan fingerprint density at radius 3 is 2.07 bits per heavy atom. The number of nitrogens with zero attached hydrogens (tertiary/aromatic N) is 1. The summed E-state index contributed by atoms with van der Waals surface area (Å²) < 4.78 is 38.7. The van der Waals surface area contributed by atoms with Crippen LogP contribution in [-0.2, 0) is 6.18 Å². The number of rotatable bonds is 2. The lowest BCUT2D eigenvalue weighted by molar-refractivity contribution is -0.137. The summed E-state index contributed by atoms with van der Waals surface area (Å²) in [5, 5.41) is 11.5. The molecular formula is C23H16F3NO. The standard InChI is InChI=1S/C23H16F3NO/c1-14-4-6-16(7-5-14)20-13-19(18-3-2-12-27-21(18)22(20)28)15-8-10-17(11-9-15)23(24,25)26/h2-13,28H,1H3. The van der Waals surface area contributed by atoms with Crippen molar-refractivity contribution in [2.75, 3.05) is 0 Å². The van der Waals surface area contributed by atoms with Crippen molar-refractivity contribution in [2.45, 2.75) is 13.1 Å². The molecule has 0 fully saturated rings. The van der Waals surface area contributed by atoms with Crippen molar-refractivity contribution in [2.24, 2.45) is 0 Å². The molecule has 2 nitrogen and oxygen atoms in total. The smallest absolute Gasteiger partial charge is 0.416 e. The van der Waals surface area contributed by atoms with Crippen molar-refractivity contribution < 1.29 is 18.3 Å². The predicted molar refractivity (Wildman–Crippen MR) is 104 cm³/mol. The number of alkyl halides is 3. The van der Waals surface area contributed by atoms with Gasteiger partial charge in [-0.15, -0.1) is 0 Å². The van der Waals surface area contributed by atoms with Gasteiger partial charge in [-0.05, 0) is 47.9 Å². The molecule has 0 aliphatic heterocycles. The van der Waals surface area contributed by atoms with Gasteiger partial charge in [-0.25, -0.2) is 0 Å². The first-order chi connectivity index (χ1) is 13.3. The zero-order valence-electron chi connectivity index (χ0n) is 15.0. The molecule has 1 aromatic heterocycles. The maximum absolute atomic E-state index is 12.9. The van der Waals surface area contributed by atoms with Crippen LogP contribution in [0.15, 0.2) is 72.9 Å². The third-order valence-corrected chi connectivity index (χ3v) is 4.75. The van der Waals surface area contributed by atoms with Gasteiger partial charge in [0.1, 0.15) is 11.3 Å². The molecule has 1 heterocycles. The van der Waals surface area contributed by atoms with Gasteiger partial charge in [0.05, 0.1) is 5.56 Å². The number of benzene rings is 3. The van der Waals surface area contributed by atoms with Gasteiger partial charge >= 0.3 is 6.18 Å². The van der Waals surface area contributed by atoms with Crippen LogP contribution in [0.4, 0.5) is 13.2 Å². The summed E-state index contributed by atoms with van der Waals surface area (Å²) in [5.41, 5.74) is 3.53. The third-order valence-electron chi connectivity index (χ3n) is 4.75. The van der Waals surface area contributed by atoms with Crippen molar-refractivity contribution in [1.82, 2.24) is 4.98 Å². The Kier molecular flexibility index (Phi) is 4.30. The topological polar surface area (TPSA) is 33.1 Å². The maximum Gasteiger partial charge on any atom is 0.416 e. The van der Waals surface area contributed by atoms with Gasteiger partial charge in [0.15, 0.2) is 0 Å². The number of pyridine rings is 1. The van der Waals surface area contributed by atoms with E-state index in [1.165, 1.54) is 12.1 Å². The van der Waals surface area contributed by atoms with Gasteiger partial charge < -0.3 is 5.11 Å². The number of halogens is 3. The molecule has 0 saturated heterocycles. The highest BCUT2D eigenvalue weighted by Gasteiger charge is 2.30. The highest BCUT2D eigenvalue weighted by molar-refractivity contribution is 6.02. The lowest BCUT2D eigenvalue weighted by atomic mass is 9.93.